The van der Waals surface area contributed by atoms with Crippen LogP contribution in [0.25, 0.3) is 0 Å². The minimum atomic E-state index is -4.59. The summed E-state index contributed by atoms with van der Waals surface area (Å²) in [5.41, 5.74) is -1.81. The number of hydrogen-bond acceptors (Lipinski definition) is 4. The van der Waals surface area contributed by atoms with Crippen LogP contribution in [0.4, 0.5) is 32.2 Å². The van der Waals surface area contributed by atoms with Gasteiger partial charge >= 0.3 is 12.4 Å². The lowest BCUT2D eigenvalue weighted by Gasteiger charge is -2.15. The van der Waals surface area contributed by atoms with Crippen LogP contribution in [0.2, 0.25) is 0 Å². The molecule has 0 amide bonds. The van der Waals surface area contributed by atoms with Gasteiger partial charge in [-0.15, -0.1) is 0 Å². The van der Waals surface area contributed by atoms with Crippen LogP contribution in [-0.2, 0) is 22.1 Å². The second-order valence-corrected chi connectivity index (χ2v) is 8.08. The van der Waals surface area contributed by atoms with Crippen LogP contribution >= 0.6 is 0 Å². The number of aromatic nitrogens is 2. The molecule has 2 aromatic heterocycles. The minimum absolute atomic E-state index is 0.169. The quantitative estimate of drug-likeness (QED) is 0.685. The average molecular weight is 397 g/mol. The molecule has 0 saturated carbocycles. The van der Waals surface area contributed by atoms with Crippen molar-refractivity contribution < 1.29 is 30.6 Å². The molecule has 4 nitrogen and oxygen atoms in total. The van der Waals surface area contributed by atoms with Crippen LogP contribution in [0, 0.1) is 0 Å². The largest absolute Gasteiger partial charge is 0.433 e. The molecule has 142 valence electrons. The summed E-state index contributed by atoms with van der Waals surface area (Å²) in [6.45, 7) is 1.47. The molecule has 0 aliphatic rings. The molecule has 11 heteroatoms. The molecule has 2 aromatic rings. The smallest absolute Gasteiger partial charge is 0.251 e. The lowest BCUT2D eigenvalue weighted by atomic mass is 10.2. The Bertz CT molecular complexity index is 882. The third-order valence-corrected chi connectivity index (χ3v) is 5.69. The number of hydrogen-bond donors (Lipinski definition) is 0. The summed E-state index contributed by atoms with van der Waals surface area (Å²) in [4.78, 5) is 6.82. The number of pyridine rings is 2. The Balaban J connectivity index is 2.30. The van der Waals surface area contributed by atoms with Crippen LogP contribution in [0.1, 0.15) is 29.0 Å². The van der Waals surface area contributed by atoms with E-state index in [1.807, 2.05) is 0 Å². The van der Waals surface area contributed by atoms with Crippen molar-refractivity contribution in [2.45, 2.75) is 24.5 Å². The van der Waals surface area contributed by atoms with Crippen LogP contribution in [0.5, 0.6) is 0 Å². The van der Waals surface area contributed by atoms with Gasteiger partial charge in [-0.25, -0.2) is 9.19 Å². The SMILES string of the molecule is CC(c1ccc(C(F)(F)F)nc1)S(C)(=O)=Nc1ccc(C(F)(F)F)cn1. The van der Waals surface area contributed by atoms with Crippen LogP contribution < -0.4 is 0 Å². The van der Waals surface area contributed by atoms with E-state index in [9.17, 15) is 30.6 Å². The Hall–Kier alpha value is -2.17. The molecular formula is C15H13F6N3OS. The third-order valence-electron chi connectivity index (χ3n) is 3.55. The molecule has 0 N–H and O–H groups in total. The topological polar surface area (TPSA) is 55.2 Å². The Kier molecular flexibility index (Phi) is 5.31. The van der Waals surface area contributed by atoms with Crippen molar-refractivity contribution in [2.75, 3.05) is 6.26 Å². The molecule has 0 aliphatic heterocycles. The highest BCUT2D eigenvalue weighted by molar-refractivity contribution is 7.93. The van der Waals surface area contributed by atoms with E-state index >= 15 is 0 Å². The summed E-state index contributed by atoms with van der Waals surface area (Å²) in [5, 5.41) is -0.818. The Labute approximate surface area is 145 Å². The van der Waals surface area contributed by atoms with Gasteiger partial charge in [0.25, 0.3) is 0 Å². The predicted molar refractivity (Wildman–Crippen MR) is 83.0 cm³/mol. The Morgan fingerprint density at radius 3 is 2.04 bits per heavy atom. The molecule has 2 heterocycles. The maximum atomic E-state index is 12.7. The van der Waals surface area contributed by atoms with Crippen LogP contribution in [-0.4, -0.2) is 20.4 Å². The van der Waals surface area contributed by atoms with E-state index in [1.54, 1.807) is 0 Å². The predicted octanol–water partition coefficient (Wildman–Crippen LogP) is 5.00. The molecule has 0 aliphatic carbocycles. The number of halogens is 6. The van der Waals surface area contributed by atoms with Crippen molar-refractivity contribution in [1.82, 2.24) is 9.97 Å². The molecule has 0 fully saturated rings. The van der Waals surface area contributed by atoms with Crippen molar-refractivity contribution in [2.24, 2.45) is 4.36 Å². The zero-order valence-electron chi connectivity index (χ0n) is 13.5. The summed E-state index contributed by atoms with van der Waals surface area (Å²) in [5.74, 6) is -0.169. The standard InChI is InChI=1S/C15H13F6N3OS/c1-9(10-3-5-12(22-7-10)15(19,20)21)26(2,25)24-13-6-4-11(8-23-13)14(16,17)18/h3-9H,1-2H3. The summed E-state index contributed by atoms with van der Waals surface area (Å²) in [7, 11) is -3.05. The molecule has 0 saturated heterocycles. The number of nitrogens with zero attached hydrogens (tertiary/aromatic N) is 3. The normalized spacial score (nSPS) is 16.0. The Morgan fingerprint density at radius 2 is 1.62 bits per heavy atom. The highest BCUT2D eigenvalue weighted by atomic mass is 32.2. The van der Waals surface area contributed by atoms with Gasteiger partial charge in [0.2, 0.25) is 0 Å². The monoisotopic (exact) mass is 397 g/mol. The highest BCUT2D eigenvalue weighted by Crippen LogP contribution is 2.31. The Morgan fingerprint density at radius 1 is 0.962 bits per heavy atom. The van der Waals surface area contributed by atoms with Crippen LogP contribution in [0.15, 0.2) is 41.0 Å². The van der Waals surface area contributed by atoms with E-state index in [0.717, 1.165) is 30.5 Å². The van der Waals surface area contributed by atoms with Gasteiger partial charge in [-0.2, -0.15) is 30.7 Å². The second-order valence-electron chi connectivity index (χ2n) is 5.47. The van der Waals surface area contributed by atoms with Gasteiger partial charge in [-0.05, 0) is 30.7 Å². The first-order chi connectivity index (χ1) is 11.8. The molecule has 2 unspecified atom stereocenters. The third kappa shape index (κ3) is 4.71. The minimum Gasteiger partial charge on any atom is -0.251 e. The fourth-order valence-electron chi connectivity index (χ4n) is 1.94. The molecule has 26 heavy (non-hydrogen) atoms. The van der Waals surface area contributed by atoms with Crippen molar-refractivity contribution in [1.29, 1.82) is 0 Å². The van der Waals surface area contributed by atoms with E-state index in [0.29, 0.717) is 6.20 Å². The van der Waals surface area contributed by atoms with E-state index in [1.165, 1.54) is 13.2 Å². The summed E-state index contributed by atoms with van der Waals surface area (Å²) in [6.07, 6.45) is -6.39. The van der Waals surface area contributed by atoms with Gasteiger partial charge in [-0.1, -0.05) is 6.07 Å². The van der Waals surface area contributed by atoms with Gasteiger partial charge in [0.05, 0.1) is 20.5 Å². The van der Waals surface area contributed by atoms with Gasteiger partial charge < -0.3 is 0 Å². The van der Waals surface area contributed by atoms with Crippen molar-refractivity contribution >= 4 is 15.5 Å². The van der Waals surface area contributed by atoms with Gasteiger partial charge in [0.15, 0.2) is 5.82 Å². The van der Waals surface area contributed by atoms with Crippen LogP contribution in [0.3, 0.4) is 0 Å². The lowest BCUT2D eigenvalue weighted by Crippen LogP contribution is -2.11. The summed E-state index contributed by atoms with van der Waals surface area (Å²) in [6, 6.07) is 3.63. The molecule has 0 radical (unpaired) electrons. The van der Waals surface area contributed by atoms with Crippen molar-refractivity contribution in [3.8, 4) is 0 Å². The zero-order valence-corrected chi connectivity index (χ0v) is 14.3. The number of alkyl halides is 6. The first-order valence-corrected chi connectivity index (χ1v) is 9.07. The number of rotatable bonds is 3. The summed E-state index contributed by atoms with van der Waals surface area (Å²) >= 11 is 0. The lowest BCUT2D eigenvalue weighted by molar-refractivity contribution is -0.141. The van der Waals surface area contributed by atoms with E-state index < -0.39 is 38.6 Å². The van der Waals surface area contributed by atoms with Crippen molar-refractivity contribution in [3.63, 3.8) is 0 Å². The average Bonchev–Trinajstić information content (AvgIpc) is 2.52. The second kappa shape index (κ2) is 6.86. The van der Waals surface area contributed by atoms with Gasteiger partial charge in [0.1, 0.15) is 5.69 Å². The highest BCUT2D eigenvalue weighted by Gasteiger charge is 2.33. The molecule has 0 bridgehead atoms. The molecule has 0 aromatic carbocycles. The first kappa shape index (κ1) is 20.1. The van der Waals surface area contributed by atoms with E-state index in [-0.39, 0.29) is 11.4 Å². The fourth-order valence-corrected chi connectivity index (χ4v) is 3.22. The van der Waals surface area contributed by atoms with Crippen molar-refractivity contribution in [3.05, 3.63) is 53.5 Å². The van der Waals surface area contributed by atoms with Gasteiger partial charge in [-0.3, -0.25) is 4.98 Å². The fraction of sp³-hybridized carbons (Fsp3) is 0.333. The molecule has 2 atom stereocenters. The maximum Gasteiger partial charge on any atom is 0.433 e. The van der Waals surface area contributed by atoms with E-state index in [4.69, 9.17) is 0 Å². The summed E-state index contributed by atoms with van der Waals surface area (Å²) < 4.78 is 91.7. The maximum absolute atomic E-state index is 12.7. The molecular weight excluding hydrogens is 384 g/mol. The first-order valence-electron chi connectivity index (χ1n) is 7.08. The van der Waals surface area contributed by atoms with E-state index in [2.05, 4.69) is 14.3 Å². The molecule has 2 rings (SSSR count). The van der Waals surface area contributed by atoms with Gasteiger partial charge in [0, 0.05) is 18.6 Å². The zero-order chi connectivity index (χ0) is 19.8. The molecule has 0 spiro atoms.